The molecule has 35 heavy (non-hydrogen) atoms. The molecule has 2 aromatic rings. The van der Waals surface area contributed by atoms with Crippen LogP contribution in [0, 0.1) is 5.92 Å². The zero-order valence-corrected chi connectivity index (χ0v) is 20.5. The number of aromatic nitrogens is 1. The van der Waals surface area contributed by atoms with E-state index in [0.717, 1.165) is 49.6 Å². The third-order valence-corrected chi connectivity index (χ3v) is 7.68. The fourth-order valence-electron chi connectivity index (χ4n) is 5.29. The molecule has 8 nitrogen and oxygen atoms in total. The molecule has 5 unspecified atom stereocenters. The monoisotopic (exact) mass is 497 g/mol. The van der Waals surface area contributed by atoms with E-state index in [1.54, 1.807) is 0 Å². The minimum atomic E-state index is -0.174. The quantitative estimate of drug-likeness (QED) is 0.294. The molecule has 186 valence electrons. The molecule has 3 aliphatic rings. The lowest BCUT2D eigenvalue weighted by atomic mass is 9.80. The van der Waals surface area contributed by atoms with Gasteiger partial charge in [0.15, 0.2) is 6.29 Å². The van der Waals surface area contributed by atoms with Crippen LogP contribution >= 0.6 is 11.6 Å². The molecule has 1 saturated carbocycles. The highest BCUT2D eigenvalue weighted by molar-refractivity contribution is 6.21. The topological polar surface area (TPSA) is 95.6 Å². The number of alkyl halides is 1. The largest absolute Gasteiger partial charge is 0.377 e. The van der Waals surface area contributed by atoms with E-state index in [-0.39, 0.29) is 35.6 Å². The SMILES string of the molecule is C=C1C(=O)NC2NC3CC(Cl)C(OCCCCCC(=O)Nc4ccc5ccccc5n4)CC3CN12. The third kappa shape index (κ3) is 5.44. The molecular formula is C26H32ClN5O3. The maximum absolute atomic E-state index is 12.3. The highest BCUT2D eigenvalue weighted by atomic mass is 35.5. The normalized spacial score (nSPS) is 27.9. The number of pyridine rings is 1. The van der Waals surface area contributed by atoms with Gasteiger partial charge in [-0.3, -0.25) is 14.9 Å². The van der Waals surface area contributed by atoms with Crippen molar-refractivity contribution in [3.05, 3.63) is 48.7 Å². The standard InChI is InChI=1S/C26H32ClN5O3/c1-16-25(34)31-26-29-21-14-19(27)22(13-18(21)15-32(16)26)35-12-6-2-3-9-24(33)30-23-11-10-17-7-4-5-8-20(17)28-23/h4-5,7-8,10-11,18-19,21-22,26,29H,1-3,6,9,12-15H2,(H,31,34)(H,28,30,33). The van der Waals surface area contributed by atoms with Gasteiger partial charge in [0.05, 0.1) is 22.7 Å². The lowest BCUT2D eigenvalue weighted by Crippen LogP contribution is -2.63. The summed E-state index contributed by atoms with van der Waals surface area (Å²) in [7, 11) is 0. The summed E-state index contributed by atoms with van der Waals surface area (Å²) in [5, 5.41) is 10.3. The average Bonchev–Trinajstić information content (AvgIpc) is 3.12. The molecule has 9 heteroatoms. The molecule has 3 N–H and O–H groups in total. The van der Waals surface area contributed by atoms with Gasteiger partial charge in [0.2, 0.25) is 5.91 Å². The smallest absolute Gasteiger partial charge is 0.269 e. The Morgan fingerprint density at radius 3 is 2.94 bits per heavy atom. The number of benzene rings is 1. The molecule has 2 saturated heterocycles. The molecule has 0 bridgehead atoms. The van der Waals surface area contributed by atoms with Gasteiger partial charge < -0.3 is 20.3 Å². The number of carbonyl (C=O) groups excluding carboxylic acids is 2. The first-order valence-corrected chi connectivity index (χ1v) is 12.9. The summed E-state index contributed by atoms with van der Waals surface area (Å²) < 4.78 is 6.15. The van der Waals surface area contributed by atoms with Crippen LogP contribution in [0.4, 0.5) is 5.82 Å². The number of nitrogens with one attached hydrogen (secondary N) is 3. The van der Waals surface area contributed by atoms with Crippen molar-refractivity contribution >= 4 is 40.1 Å². The van der Waals surface area contributed by atoms with Crippen molar-refractivity contribution in [3.63, 3.8) is 0 Å². The molecule has 5 rings (SSSR count). The van der Waals surface area contributed by atoms with Crippen LogP contribution in [-0.2, 0) is 14.3 Å². The maximum Gasteiger partial charge on any atom is 0.269 e. The number of unbranched alkanes of at least 4 members (excludes halogenated alkanes) is 2. The van der Waals surface area contributed by atoms with E-state index < -0.39 is 0 Å². The number of fused-ring (bicyclic) bond motifs is 3. The van der Waals surface area contributed by atoms with Crippen LogP contribution < -0.4 is 16.0 Å². The lowest BCUT2D eigenvalue weighted by Gasteiger charge is -2.47. The molecule has 3 heterocycles. The van der Waals surface area contributed by atoms with Gasteiger partial charge in [-0.15, -0.1) is 11.6 Å². The van der Waals surface area contributed by atoms with Gasteiger partial charge in [0.1, 0.15) is 5.82 Å². The van der Waals surface area contributed by atoms with Crippen molar-refractivity contribution in [1.29, 1.82) is 0 Å². The van der Waals surface area contributed by atoms with Crippen molar-refractivity contribution in [3.8, 4) is 0 Å². The number of hydrogen-bond donors (Lipinski definition) is 3. The third-order valence-electron chi connectivity index (χ3n) is 7.22. The van der Waals surface area contributed by atoms with Gasteiger partial charge in [-0.1, -0.05) is 31.2 Å². The Labute approximate surface area is 210 Å². The van der Waals surface area contributed by atoms with Crippen molar-refractivity contribution in [2.75, 3.05) is 18.5 Å². The summed E-state index contributed by atoms with van der Waals surface area (Å²) in [6.45, 7) is 5.31. The molecule has 1 aromatic heterocycles. The molecule has 0 spiro atoms. The molecule has 1 aliphatic carbocycles. The van der Waals surface area contributed by atoms with Crippen LogP contribution in [0.2, 0.25) is 0 Å². The predicted octanol–water partition coefficient (Wildman–Crippen LogP) is 3.34. The van der Waals surface area contributed by atoms with Gasteiger partial charge in [-0.2, -0.15) is 0 Å². The molecule has 0 radical (unpaired) electrons. The van der Waals surface area contributed by atoms with E-state index in [1.807, 2.05) is 41.3 Å². The van der Waals surface area contributed by atoms with Crippen molar-refractivity contribution in [2.24, 2.45) is 5.92 Å². The minimum absolute atomic E-state index is 0.00178. The highest BCUT2D eigenvalue weighted by Crippen LogP contribution is 2.35. The summed E-state index contributed by atoms with van der Waals surface area (Å²) >= 11 is 6.66. The summed E-state index contributed by atoms with van der Waals surface area (Å²) in [5.41, 5.74) is 1.39. The van der Waals surface area contributed by atoms with Crippen LogP contribution in [-0.4, -0.2) is 58.7 Å². The lowest BCUT2D eigenvalue weighted by molar-refractivity contribution is -0.117. The first-order valence-electron chi connectivity index (χ1n) is 12.4. The number of para-hydroxylation sites is 1. The molecule has 1 aromatic carbocycles. The van der Waals surface area contributed by atoms with E-state index in [4.69, 9.17) is 16.3 Å². The Morgan fingerprint density at radius 1 is 1.20 bits per heavy atom. The molecular weight excluding hydrogens is 466 g/mol. The maximum atomic E-state index is 12.3. The van der Waals surface area contributed by atoms with E-state index in [1.165, 1.54) is 0 Å². The number of nitrogens with zero attached hydrogens (tertiary/aromatic N) is 2. The summed E-state index contributed by atoms with van der Waals surface area (Å²) in [4.78, 5) is 30.7. The van der Waals surface area contributed by atoms with E-state index in [2.05, 4.69) is 27.5 Å². The van der Waals surface area contributed by atoms with E-state index in [9.17, 15) is 9.59 Å². The molecule has 2 amide bonds. The molecule has 3 fully saturated rings. The Balaban J connectivity index is 0.998. The molecule has 2 aliphatic heterocycles. The second-order valence-corrected chi connectivity index (χ2v) is 10.2. The number of amides is 2. The number of carbonyl (C=O) groups is 2. The minimum Gasteiger partial charge on any atom is -0.377 e. The summed E-state index contributed by atoms with van der Waals surface area (Å²) in [6.07, 6.45) is 4.55. The Kier molecular flexibility index (Phi) is 7.22. The average molecular weight is 498 g/mol. The summed E-state index contributed by atoms with van der Waals surface area (Å²) in [5.74, 6) is 0.816. The van der Waals surface area contributed by atoms with Crippen LogP contribution in [0.3, 0.4) is 0 Å². The fraction of sp³-hybridized carbons (Fsp3) is 0.500. The fourth-order valence-corrected chi connectivity index (χ4v) is 5.66. The van der Waals surface area contributed by atoms with Crippen LogP contribution in [0.15, 0.2) is 48.7 Å². The van der Waals surface area contributed by atoms with E-state index >= 15 is 0 Å². The first-order chi connectivity index (χ1) is 17.0. The first kappa shape index (κ1) is 24.0. The van der Waals surface area contributed by atoms with Gasteiger partial charge in [0, 0.05) is 31.0 Å². The number of rotatable bonds is 8. The Bertz CT molecular complexity index is 1110. The van der Waals surface area contributed by atoms with Gasteiger partial charge in [-0.25, -0.2) is 4.98 Å². The van der Waals surface area contributed by atoms with Crippen molar-refractivity contribution in [1.82, 2.24) is 20.5 Å². The van der Waals surface area contributed by atoms with Gasteiger partial charge >= 0.3 is 0 Å². The van der Waals surface area contributed by atoms with Gasteiger partial charge in [0.25, 0.3) is 5.91 Å². The second-order valence-electron chi connectivity index (χ2n) is 9.65. The zero-order chi connectivity index (χ0) is 24.4. The Morgan fingerprint density at radius 2 is 2.06 bits per heavy atom. The second kappa shape index (κ2) is 10.5. The summed E-state index contributed by atoms with van der Waals surface area (Å²) in [6, 6.07) is 11.9. The van der Waals surface area contributed by atoms with Crippen molar-refractivity contribution in [2.45, 2.75) is 62.3 Å². The van der Waals surface area contributed by atoms with Crippen molar-refractivity contribution < 1.29 is 14.3 Å². The predicted molar refractivity (Wildman–Crippen MR) is 136 cm³/mol. The molecule has 5 atom stereocenters. The number of anilines is 1. The van der Waals surface area contributed by atoms with Crippen LogP contribution in [0.1, 0.15) is 38.5 Å². The van der Waals surface area contributed by atoms with Crippen LogP contribution in [0.5, 0.6) is 0 Å². The highest BCUT2D eigenvalue weighted by Gasteiger charge is 2.46. The Hall–Kier alpha value is -2.68. The van der Waals surface area contributed by atoms with E-state index in [0.29, 0.717) is 30.5 Å². The van der Waals surface area contributed by atoms with Crippen LogP contribution in [0.25, 0.3) is 10.9 Å². The number of halogens is 1. The van der Waals surface area contributed by atoms with Gasteiger partial charge in [-0.05, 0) is 49.8 Å². The zero-order valence-electron chi connectivity index (χ0n) is 19.7. The number of hydrogen-bond acceptors (Lipinski definition) is 6. The number of ether oxygens (including phenoxy) is 1.